The SMILES string of the molecule is Cc1cc(N2CCOCC2)nc(CNC(=O)c2cc(-c3ccc(F)cc3)nn2C)n1. The minimum atomic E-state index is -0.317. The summed E-state index contributed by atoms with van der Waals surface area (Å²) in [6, 6.07) is 9.61. The second-order valence-corrected chi connectivity index (χ2v) is 7.11. The Morgan fingerprint density at radius 3 is 2.63 bits per heavy atom. The molecule has 8 nitrogen and oxygen atoms in total. The van der Waals surface area contributed by atoms with Crippen LogP contribution in [0, 0.1) is 12.7 Å². The molecule has 0 spiro atoms. The van der Waals surface area contributed by atoms with Crippen LogP contribution in [0.5, 0.6) is 0 Å². The van der Waals surface area contributed by atoms with E-state index < -0.39 is 0 Å². The highest BCUT2D eigenvalue weighted by Gasteiger charge is 2.17. The van der Waals surface area contributed by atoms with E-state index in [1.54, 1.807) is 25.2 Å². The highest BCUT2D eigenvalue weighted by Crippen LogP contribution is 2.19. The van der Waals surface area contributed by atoms with E-state index in [4.69, 9.17) is 4.74 Å². The largest absolute Gasteiger partial charge is 0.378 e. The van der Waals surface area contributed by atoms with Crippen LogP contribution in [0.1, 0.15) is 22.0 Å². The second kappa shape index (κ2) is 8.58. The van der Waals surface area contributed by atoms with Gasteiger partial charge in [0.1, 0.15) is 23.2 Å². The maximum absolute atomic E-state index is 13.1. The zero-order valence-electron chi connectivity index (χ0n) is 16.9. The number of aryl methyl sites for hydroxylation is 2. The summed E-state index contributed by atoms with van der Waals surface area (Å²) in [6.45, 7) is 5.02. The van der Waals surface area contributed by atoms with Crippen molar-refractivity contribution in [2.75, 3.05) is 31.2 Å². The molecule has 9 heteroatoms. The van der Waals surface area contributed by atoms with Crippen LogP contribution in [0.3, 0.4) is 0 Å². The lowest BCUT2D eigenvalue weighted by Crippen LogP contribution is -2.37. The number of morpholine rings is 1. The smallest absolute Gasteiger partial charge is 0.269 e. The molecule has 3 aromatic rings. The first kappa shape index (κ1) is 20.0. The summed E-state index contributed by atoms with van der Waals surface area (Å²) < 4.78 is 20.0. The van der Waals surface area contributed by atoms with E-state index in [0.29, 0.717) is 30.4 Å². The number of anilines is 1. The van der Waals surface area contributed by atoms with Crippen LogP contribution in [0.2, 0.25) is 0 Å². The highest BCUT2D eigenvalue weighted by atomic mass is 19.1. The first-order valence-corrected chi connectivity index (χ1v) is 9.75. The number of aromatic nitrogens is 4. The van der Waals surface area contributed by atoms with E-state index in [9.17, 15) is 9.18 Å². The maximum Gasteiger partial charge on any atom is 0.269 e. The number of benzene rings is 1. The van der Waals surface area contributed by atoms with E-state index >= 15 is 0 Å². The van der Waals surface area contributed by atoms with Gasteiger partial charge >= 0.3 is 0 Å². The Bertz CT molecular complexity index is 1040. The van der Waals surface area contributed by atoms with Crippen LogP contribution >= 0.6 is 0 Å². The fraction of sp³-hybridized carbons (Fsp3) is 0.333. The molecule has 1 fully saturated rings. The van der Waals surface area contributed by atoms with Crippen LogP contribution in [0.25, 0.3) is 11.3 Å². The maximum atomic E-state index is 13.1. The van der Waals surface area contributed by atoms with E-state index in [2.05, 4.69) is 25.3 Å². The number of carbonyl (C=O) groups excluding carboxylic acids is 1. The van der Waals surface area contributed by atoms with Gasteiger partial charge in [0, 0.05) is 37.5 Å². The van der Waals surface area contributed by atoms with Crippen LogP contribution < -0.4 is 10.2 Å². The van der Waals surface area contributed by atoms with Crippen molar-refractivity contribution in [2.45, 2.75) is 13.5 Å². The van der Waals surface area contributed by atoms with Gasteiger partial charge in [-0.05, 0) is 37.3 Å². The zero-order chi connectivity index (χ0) is 21.1. The molecular weight excluding hydrogens is 387 g/mol. The van der Waals surface area contributed by atoms with Crippen LogP contribution in [-0.2, 0) is 18.3 Å². The molecule has 2 aromatic heterocycles. The molecule has 1 aliphatic rings. The Morgan fingerprint density at radius 1 is 1.17 bits per heavy atom. The second-order valence-electron chi connectivity index (χ2n) is 7.11. The van der Waals surface area contributed by atoms with Gasteiger partial charge in [-0.3, -0.25) is 9.48 Å². The Hall–Kier alpha value is -3.33. The first-order valence-electron chi connectivity index (χ1n) is 9.75. The molecule has 1 aromatic carbocycles. The van der Waals surface area contributed by atoms with Crippen molar-refractivity contribution < 1.29 is 13.9 Å². The molecule has 0 atom stereocenters. The lowest BCUT2D eigenvalue weighted by molar-refractivity contribution is 0.0940. The van der Waals surface area contributed by atoms with E-state index in [0.717, 1.165) is 30.2 Å². The van der Waals surface area contributed by atoms with Crippen LogP contribution in [0.4, 0.5) is 10.2 Å². The number of hydrogen-bond acceptors (Lipinski definition) is 6. The quantitative estimate of drug-likeness (QED) is 0.693. The molecule has 0 bridgehead atoms. The highest BCUT2D eigenvalue weighted by molar-refractivity contribution is 5.93. The topological polar surface area (TPSA) is 85.2 Å². The monoisotopic (exact) mass is 410 g/mol. The number of carbonyl (C=O) groups is 1. The minimum absolute atomic E-state index is 0.203. The van der Waals surface area contributed by atoms with E-state index in [1.807, 2.05) is 13.0 Å². The third kappa shape index (κ3) is 4.46. The van der Waals surface area contributed by atoms with Crippen molar-refractivity contribution in [1.82, 2.24) is 25.1 Å². The van der Waals surface area contributed by atoms with Gasteiger partial charge in [-0.25, -0.2) is 14.4 Å². The Kier molecular flexibility index (Phi) is 5.71. The number of nitrogens with zero attached hydrogens (tertiary/aromatic N) is 5. The Morgan fingerprint density at radius 2 is 1.90 bits per heavy atom. The molecule has 0 aliphatic carbocycles. The van der Waals surface area contributed by atoms with Gasteiger partial charge in [-0.15, -0.1) is 0 Å². The molecule has 0 saturated carbocycles. The Balaban J connectivity index is 1.46. The number of hydrogen-bond donors (Lipinski definition) is 1. The third-order valence-corrected chi connectivity index (χ3v) is 4.88. The van der Waals surface area contributed by atoms with E-state index in [-0.39, 0.29) is 18.3 Å². The van der Waals surface area contributed by atoms with Gasteiger partial charge in [0.2, 0.25) is 0 Å². The molecular formula is C21H23FN6O2. The molecule has 30 heavy (non-hydrogen) atoms. The van der Waals surface area contributed by atoms with Gasteiger partial charge in [0.05, 0.1) is 25.5 Å². The molecule has 1 aliphatic heterocycles. The van der Waals surface area contributed by atoms with Crippen molar-refractivity contribution in [1.29, 1.82) is 0 Å². The number of halogens is 1. The van der Waals surface area contributed by atoms with Gasteiger partial charge in [0.15, 0.2) is 0 Å². The van der Waals surface area contributed by atoms with Crippen molar-refractivity contribution in [3.63, 3.8) is 0 Å². The van der Waals surface area contributed by atoms with Crippen molar-refractivity contribution in [2.24, 2.45) is 7.05 Å². The summed E-state index contributed by atoms with van der Waals surface area (Å²) in [6.07, 6.45) is 0. The fourth-order valence-electron chi connectivity index (χ4n) is 3.34. The molecule has 4 rings (SSSR count). The van der Waals surface area contributed by atoms with Gasteiger partial charge in [0.25, 0.3) is 5.91 Å². The Labute approximate surface area is 173 Å². The van der Waals surface area contributed by atoms with Gasteiger partial charge in [-0.2, -0.15) is 5.10 Å². The van der Waals surface area contributed by atoms with Gasteiger partial charge in [-0.1, -0.05) is 0 Å². The molecule has 1 saturated heterocycles. The predicted octanol–water partition coefficient (Wildman–Crippen LogP) is 2.09. The van der Waals surface area contributed by atoms with Crippen molar-refractivity contribution in [3.8, 4) is 11.3 Å². The summed E-state index contributed by atoms with van der Waals surface area (Å²) in [7, 11) is 1.70. The normalized spacial score (nSPS) is 14.0. The first-order chi connectivity index (χ1) is 14.5. The predicted molar refractivity (Wildman–Crippen MR) is 110 cm³/mol. The summed E-state index contributed by atoms with van der Waals surface area (Å²) >= 11 is 0. The summed E-state index contributed by atoms with van der Waals surface area (Å²) in [4.78, 5) is 23.9. The lowest BCUT2D eigenvalue weighted by atomic mass is 10.1. The summed E-state index contributed by atoms with van der Waals surface area (Å²) in [5, 5.41) is 7.22. The average Bonchev–Trinajstić information content (AvgIpc) is 3.14. The number of nitrogens with one attached hydrogen (secondary N) is 1. The van der Waals surface area contributed by atoms with Gasteiger partial charge < -0.3 is 15.0 Å². The molecule has 3 heterocycles. The molecule has 1 N–H and O–H groups in total. The third-order valence-electron chi connectivity index (χ3n) is 4.88. The lowest BCUT2D eigenvalue weighted by Gasteiger charge is -2.28. The fourth-order valence-corrected chi connectivity index (χ4v) is 3.34. The molecule has 156 valence electrons. The average molecular weight is 410 g/mol. The van der Waals surface area contributed by atoms with Crippen LogP contribution in [0.15, 0.2) is 36.4 Å². The molecule has 0 unspecified atom stereocenters. The number of amides is 1. The molecule has 1 amide bonds. The summed E-state index contributed by atoms with van der Waals surface area (Å²) in [5.74, 6) is 0.790. The number of rotatable bonds is 5. The molecule has 0 radical (unpaired) electrons. The zero-order valence-corrected chi connectivity index (χ0v) is 16.9. The number of ether oxygens (including phenoxy) is 1. The van der Waals surface area contributed by atoms with E-state index in [1.165, 1.54) is 16.8 Å². The standard InChI is InChI=1S/C21H23FN6O2/c1-14-11-20(28-7-9-30-10-8-28)25-19(24-14)13-23-21(29)18-12-17(26-27(18)2)15-3-5-16(22)6-4-15/h3-6,11-12H,7-10,13H2,1-2H3,(H,23,29). The summed E-state index contributed by atoms with van der Waals surface area (Å²) in [5.41, 5.74) is 2.58. The van der Waals surface area contributed by atoms with Crippen molar-refractivity contribution in [3.05, 3.63) is 59.4 Å². The van der Waals surface area contributed by atoms with Crippen LogP contribution in [-0.4, -0.2) is 52.0 Å². The van der Waals surface area contributed by atoms with Crippen molar-refractivity contribution >= 4 is 11.7 Å². The minimum Gasteiger partial charge on any atom is -0.378 e.